The summed E-state index contributed by atoms with van der Waals surface area (Å²) in [5.41, 5.74) is 0.440. The van der Waals surface area contributed by atoms with Crippen molar-refractivity contribution in [1.29, 1.82) is 0 Å². The molecule has 0 atom stereocenters. The summed E-state index contributed by atoms with van der Waals surface area (Å²) >= 11 is 0. The quantitative estimate of drug-likeness (QED) is 0.885. The fourth-order valence-corrected chi connectivity index (χ4v) is 3.06. The van der Waals surface area contributed by atoms with E-state index in [0.717, 1.165) is 0 Å². The van der Waals surface area contributed by atoms with E-state index in [1.165, 1.54) is 6.07 Å². The summed E-state index contributed by atoms with van der Waals surface area (Å²) < 4.78 is 15.2. The lowest BCUT2D eigenvalue weighted by Gasteiger charge is -2.26. The topological polar surface area (TPSA) is 75.1 Å². The molecule has 20 heavy (non-hydrogen) atoms. The Kier molecular flexibility index (Phi) is 3.08. The molecule has 1 heterocycles. The van der Waals surface area contributed by atoms with Gasteiger partial charge in [-0.3, -0.25) is 9.36 Å². The molecule has 1 aromatic heterocycles. The van der Waals surface area contributed by atoms with Crippen LogP contribution in [0.2, 0.25) is 0 Å². The second-order valence-electron chi connectivity index (χ2n) is 5.28. The number of aromatic amines is 1. The van der Waals surface area contributed by atoms with Gasteiger partial charge in [0.05, 0.1) is 11.4 Å². The van der Waals surface area contributed by atoms with Crippen LogP contribution in [-0.2, 0) is 4.79 Å². The number of aliphatic carboxylic acids is 1. The Morgan fingerprint density at radius 3 is 2.65 bits per heavy atom. The molecule has 1 saturated carbocycles. The predicted molar refractivity (Wildman–Crippen MR) is 71.1 cm³/mol. The number of carbonyl (C=O) groups is 1. The number of halogens is 1. The highest BCUT2D eigenvalue weighted by atomic mass is 19.1. The van der Waals surface area contributed by atoms with Crippen LogP contribution < -0.4 is 5.69 Å². The number of hydrogen-bond acceptors (Lipinski definition) is 2. The first-order chi connectivity index (χ1) is 9.58. The van der Waals surface area contributed by atoms with E-state index in [4.69, 9.17) is 5.11 Å². The van der Waals surface area contributed by atoms with Gasteiger partial charge >= 0.3 is 11.7 Å². The zero-order valence-corrected chi connectivity index (χ0v) is 10.8. The Morgan fingerprint density at radius 2 is 2.00 bits per heavy atom. The van der Waals surface area contributed by atoms with Crippen LogP contribution in [0.4, 0.5) is 4.39 Å². The molecule has 0 bridgehead atoms. The number of nitrogens with one attached hydrogen (secondary N) is 1. The Labute approximate surface area is 114 Å². The SMILES string of the molecule is O=C(O)C1CCC(n2c(=O)[nH]c3c(F)cccc32)CC1. The molecule has 6 heteroatoms. The molecule has 0 unspecified atom stereocenters. The Balaban J connectivity index is 1.96. The molecule has 0 aliphatic heterocycles. The maximum atomic E-state index is 13.7. The number of benzene rings is 1. The van der Waals surface area contributed by atoms with Gasteiger partial charge in [0, 0.05) is 6.04 Å². The summed E-state index contributed by atoms with van der Waals surface area (Å²) in [7, 11) is 0. The summed E-state index contributed by atoms with van der Waals surface area (Å²) in [5.74, 6) is -1.55. The van der Waals surface area contributed by atoms with Crippen molar-refractivity contribution >= 4 is 17.0 Å². The van der Waals surface area contributed by atoms with Crippen LogP contribution in [0.15, 0.2) is 23.0 Å². The number of para-hydroxylation sites is 1. The molecule has 5 nitrogen and oxygen atoms in total. The van der Waals surface area contributed by atoms with Crippen molar-refractivity contribution in [2.75, 3.05) is 0 Å². The number of nitrogens with zero attached hydrogens (tertiary/aromatic N) is 1. The van der Waals surface area contributed by atoms with Crippen LogP contribution >= 0.6 is 0 Å². The minimum atomic E-state index is -0.777. The van der Waals surface area contributed by atoms with Gasteiger partial charge < -0.3 is 10.1 Å². The van der Waals surface area contributed by atoms with Gasteiger partial charge in [-0.1, -0.05) is 6.07 Å². The van der Waals surface area contributed by atoms with E-state index in [9.17, 15) is 14.0 Å². The van der Waals surface area contributed by atoms with Crippen molar-refractivity contribution in [3.8, 4) is 0 Å². The molecule has 0 amide bonds. The maximum absolute atomic E-state index is 13.7. The standard InChI is InChI=1S/C14H15FN2O3/c15-10-2-1-3-11-12(10)16-14(20)17(11)9-6-4-8(5-7-9)13(18)19/h1-3,8-9H,4-7H2,(H,16,20)(H,18,19). The van der Waals surface area contributed by atoms with E-state index < -0.39 is 11.8 Å². The van der Waals surface area contributed by atoms with Gasteiger partial charge in [-0.15, -0.1) is 0 Å². The minimum absolute atomic E-state index is 0.0614. The van der Waals surface area contributed by atoms with Crippen molar-refractivity contribution in [1.82, 2.24) is 9.55 Å². The molecule has 1 aliphatic rings. The summed E-state index contributed by atoms with van der Waals surface area (Å²) in [6.45, 7) is 0. The Morgan fingerprint density at radius 1 is 1.30 bits per heavy atom. The number of fused-ring (bicyclic) bond motifs is 1. The second-order valence-corrected chi connectivity index (χ2v) is 5.28. The first kappa shape index (κ1) is 12.9. The monoisotopic (exact) mass is 278 g/mol. The maximum Gasteiger partial charge on any atom is 0.326 e. The lowest BCUT2D eigenvalue weighted by atomic mass is 9.86. The third kappa shape index (κ3) is 2.01. The number of hydrogen-bond donors (Lipinski definition) is 2. The predicted octanol–water partition coefficient (Wildman–Crippen LogP) is 2.28. The van der Waals surface area contributed by atoms with Crippen LogP contribution in [0.5, 0.6) is 0 Å². The fourth-order valence-electron chi connectivity index (χ4n) is 3.06. The molecule has 2 N–H and O–H groups in total. The molecule has 3 rings (SSSR count). The zero-order valence-electron chi connectivity index (χ0n) is 10.8. The number of carboxylic acids is 1. The molecule has 1 aromatic carbocycles. The van der Waals surface area contributed by atoms with Gasteiger partial charge in [0.1, 0.15) is 11.3 Å². The van der Waals surface area contributed by atoms with Crippen molar-refractivity contribution in [3.63, 3.8) is 0 Å². The summed E-state index contributed by atoms with van der Waals surface area (Å²) in [6, 6.07) is 4.53. The van der Waals surface area contributed by atoms with E-state index in [1.807, 2.05) is 0 Å². The number of aromatic nitrogens is 2. The molecular formula is C14H15FN2O3. The van der Waals surface area contributed by atoms with E-state index in [2.05, 4.69) is 4.98 Å². The molecule has 1 fully saturated rings. The Hall–Kier alpha value is -2.11. The normalized spacial score (nSPS) is 23.1. The highest BCUT2D eigenvalue weighted by Crippen LogP contribution is 2.33. The number of carboxylic acid groups (broad SMARTS) is 1. The summed E-state index contributed by atoms with van der Waals surface area (Å²) in [6.07, 6.45) is 2.35. The molecule has 2 aromatic rings. The van der Waals surface area contributed by atoms with Gasteiger partial charge in [-0.2, -0.15) is 0 Å². The highest BCUT2D eigenvalue weighted by Gasteiger charge is 2.28. The molecular weight excluding hydrogens is 263 g/mol. The first-order valence-corrected chi connectivity index (χ1v) is 6.69. The average molecular weight is 278 g/mol. The van der Waals surface area contributed by atoms with Crippen LogP contribution in [0.3, 0.4) is 0 Å². The third-order valence-corrected chi connectivity index (χ3v) is 4.11. The van der Waals surface area contributed by atoms with Gasteiger partial charge in [0.2, 0.25) is 0 Å². The van der Waals surface area contributed by atoms with E-state index in [1.54, 1.807) is 16.7 Å². The Bertz CT molecular complexity index is 711. The lowest BCUT2D eigenvalue weighted by molar-refractivity contribution is -0.143. The van der Waals surface area contributed by atoms with Gasteiger partial charge in [0.15, 0.2) is 0 Å². The number of H-pyrrole nitrogens is 1. The van der Waals surface area contributed by atoms with Crippen molar-refractivity contribution < 1.29 is 14.3 Å². The van der Waals surface area contributed by atoms with Crippen LogP contribution in [0.25, 0.3) is 11.0 Å². The third-order valence-electron chi connectivity index (χ3n) is 4.11. The van der Waals surface area contributed by atoms with E-state index in [-0.39, 0.29) is 23.2 Å². The summed E-state index contributed by atoms with van der Waals surface area (Å²) in [5, 5.41) is 8.99. The van der Waals surface area contributed by atoms with Crippen LogP contribution in [0, 0.1) is 11.7 Å². The smallest absolute Gasteiger partial charge is 0.326 e. The van der Waals surface area contributed by atoms with Crippen LogP contribution in [-0.4, -0.2) is 20.6 Å². The van der Waals surface area contributed by atoms with Gasteiger partial charge in [-0.05, 0) is 37.8 Å². The minimum Gasteiger partial charge on any atom is -0.481 e. The zero-order chi connectivity index (χ0) is 14.3. The lowest BCUT2D eigenvalue weighted by Crippen LogP contribution is -2.28. The summed E-state index contributed by atoms with van der Waals surface area (Å²) in [4.78, 5) is 25.5. The first-order valence-electron chi connectivity index (χ1n) is 6.69. The average Bonchev–Trinajstić information content (AvgIpc) is 2.77. The molecule has 0 saturated heterocycles. The van der Waals surface area contributed by atoms with Crippen molar-refractivity contribution in [2.24, 2.45) is 5.92 Å². The largest absolute Gasteiger partial charge is 0.481 e. The molecule has 0 radical (unpaired) electrons. The molecule has 106 valence electrons. The molecule has 1 aliphatic carbocycles. The fraction of sp³-hybridized carbons (Fsp3) is 0.429. The second kappa shape index (κ2) is 4.77. The van der Waals surface area contributed by atoms with Crippen molar-refractivity contribution in [3.05, 3.63) is 34.5 Å². The number of imidazole rings is 1. The van der Waals surface area contributed by atoms with Gasteiger partial charge in [0.25, 0.3) is 0 Å². The highest BCUT2D eigenvalue weighted by molar-refractivity contribution is 5.76. The van der Waals surface area contributed by atoms with Crippen molar-refractivity contribution in [2.45, 2.75) is 31.7 Å². The molecule has 0 spiro atoms. The van der Waals surface area contributed by atoms with E-state index >= 15 is 0 Å². The van der Waals surface area contributed by atoms with Crippen LogP contribution in [0.1, 0.15) is 31.7 Å². The van der Waals surface area contributed by atoms with Gasteiger partial charge in [-0.25, -0.2) is 9.18 Å². The van der Waals surface area contributed by atoms with E-state index in [0.29, 0.717) is 31.2 Å². The number of rotatable bonds is 2.